The first-order valence-electron chi connectivity index (χ1n) is 8.72. The molecule has 24 heavy (non-hydrogen) atoms. The van der Waals surface area contributed by atoms with Crippen molar-refractivity contribution in [3.05, 3.63) is 17.0 Å². The summed E-state index contributed by atoms with van der Waals surface area (Å²) in [6, 6.07) is 0.184. The van der Waals surface area contributed by atoms with Gasteiger partial charge in [0.1, 0.15) is 0 Å². The van der Waals surface area contributed by atoms with Crippen molar-refractivity contribution in [1.29, 1.82) is 0 Å². The van der Waals surface area contributed by atoms with Crippen molar-refractivity contribution in [2.75, 3.05) is 33.5 Å². The molecule has 7 nitrogen and oxygen atoms in total. The number of carbonyl (C=O) groups is 1. The third-order valence-corrected chi connectivity index (χ3v) is 4.87. The average molecular weight is 337 g/mol. The van der Waals surface area contributed by atoms with Crippen molar-refractivity contribution >= 4 is 5.91 Å². The van der Waals surface area contributed by atoms with Gasteiger partial charge in [-0.25, -0.2) is 0 Å². The van der Waals surface area contributed by atoms with Crippen molar-refractivity contribution in [3.63, 3.8) is 0 Å². The summed E-state index contributed by atoms with van der Waals surface area (Å²) >= 11 is 0. The zero-order valence-corrected chi connectivity index (χ0v) is 14.7. The standard InChI is InChI=1S/C17H27N3O4/c1-11-10-14-15(12(2)24-11)18-19-16(14)17(21)20(6-9-22-3)13-4-7-23-8-5-13/h11-13H,4-10H2,1-3H3,(H,18,19)/t11-,12+/m0/s1. The van der Waals surface area contributed by atoms with Gasteiger partial charge in [0.05, 0.1) is 24.5 Å². The molecule has 0 aliphatic carbocycles. The fourth-order valence-electron chi connectivity index (χ4n) is 3.62. The number of aromatic nitrogens is 2. The molecule has 1 aromatic rings. The van der Waals surface area contributed by atoms with Crippen molar-refractivity contribution in [3.8, 4) is 0 Å². The number of aromatic amines is 1. The first-order valence-corrected chi connectivity index (χ1v) is 8.72. The lowest BCUT2D eigenvalue weighted by molar-refractivity contribution is -0.00714. The molecule has 0 saturated carbocycles. The Bertz CT molecular complexity index is 568. The Hall–Kier alpha value is -1.44. The lowest BCUT2D eigenvalue weighted by Crippen LogP contribution is -2.45. The molecule has 134 valence electrons. The van der Waals surface area contributed by atoms with E-state index in [0.717, 1.165) is 24.1 Å². The number of hydrogen-bond acceptors (Lipinski definition) is 5. The number of nitrogens with zero attached hydrogens (tertiary/aromatic N) is 2. The highest BCUT2D eigenvalue weighted by molar-refractivity contribution is 5.94. The van der Waals surface area contributed by atoms with Gasteiger partial charge in [-0.1, -0.05) is 0 Å². The molecule has 0 radical (unpaired) electrons. The van der Waals surface area contributed by atoms with Crippen LogP contribution < -0.4 is 0 Å². The fraction of sp³-hybridized carbons (Fsp3) is 0.765. The Labute approximate surface area is 142 Å². The van der Waals surface area contributed by atoms with Crippen LogP contribution in [0.4, 0.5) is 0 Å². The number of carbonyl (C=O) groups excluding carboxylic acids is 1. The van der Waals surface area contributed by atoms with Gasteiger partial charge in [0.15, 0.2) is 5.69 Å². The van der Waals surface area contributed by atoms with E-state index in [1.807, 2.05) is 18.7 Å². The van der Waals surface area contributed by atoms with E-state index in [4.69, 9.17) is 14.2 Å². The predicted octanol–water partition coefficient (Wildman–Crippen LogP) is 1.70. The molecule has 0 bridgehead atoms. The molecule has 2 atom stereocenters. The van der Waals surface area contributed by atoms with Gasteiger partial charge in [0.2, 0.25) is 0 Å². The number of hydrogen-bond donors (Lipinski definition) is 1. The van der Waals surface area contributed by atoms with Crippen LogP contribution in [0.25, 0.3) is 0 Å². The second kappa shape index (κ2) is 7.63. The summed E-state index contributed by atoms with van der Waals surface area (Å²) in [5.74, 6) is -0.0160. The molecule has 1 amide bonds. The minimum atomic E-state index is -0.0618. The molecule has 1 aromatic heterocycles. The van der Waals surface area contributed by atoms with Crippen molar-refractivity contribution in [2.45, 2.75) is 51.4 Å². The molecule has 2 aliphatic heterocycles. The van der Waals surface area contributed by atoms with Crippen LogP contribution in [0.1, 0.15) is 54.5 Å². The van der Waals surface area contributed by atoms with Crippen LogP contribution >= 0.6 is 0 Å². The maximum Gasteiger partial charge on any atom is 0.274 e. The summed E-state index contributed by atoms with van der Waals surface area (Å²) in [4.78, 5) is 15.1. The van der Waals surface area contributed by atoms with E-state index in [-0.39, 0.29) is 24.2 Å². The maximum atomic E-state index is 13.2. The molecule has 7 heteroatoms. The van der Waals surface area contributed by atoms with Crippen LogP contribution in [0.3, 0.4) is 0 Å². The fourth-order valence-corrected chi connectivity index (χ4v) is 3.62. The van der Waals surface area contributed by atoms with Crippen molar-refractivity contribution < 1.29 is 19.0 Å². The number of H-pyrrole nitrogens is 1. The number of methoxy groups -OCH3 is 1. The van der Waals surface area contributed by atoms with Crippen LogP contribution in [0.15, 0.2) is 0 Å². The largest absolute Gasteiger partial charge is 0.383 e. The quantitative estimate of drug-likeness (QED) is 0.885. The molecule has 0 spiro atoms. The molecule has 0 aromatic carbocycles. The van der Waals surface area contributed by atoms with Crippen LogP contribution in [0.5, 0.6) is 0 Å². The zero-order valence-electron chi connectivity index (χ0n) is 14.7. The first-order chi connectivity index (χ1) is 11.6. The van der Waals surface area contributed by atoms with Crippen molar-refractivity contribution in [1.82, 2.24) is 15.1 Å². The molecule has 2 aliphatic rings. The molecular formula is C17H27N3O4. The molecule has 1 saturated heterocycles. The minimum absolute atomic E-state index is 0.0160. The van der Waals surface area contributed by atoms with E-state index in [1.165, 1.54) is 0 Å². The Morgan fingerprint density at radius 3 is 2.83 bits per heavy atom. The Balaban J connectivity index is 1.84. The van der Waals surface area contributed by atoms with Gasteiger partial charge < -0.3 is 19.1 Å². The van der Waals surface area contributed by atoms with Gasteiger partial charge in [-0.05, 0) is 26.7 Å². The smallest absolute Gasteiger partial charge is 0.274 e. The third kappa shape index (κ3) is 3.48. The van der Waals surface area contributed by atoms with Gasteiger partial charge in [-0.3, -0.25) is 9.89 Å². The predicted molar refractivity (Wildman–Crippen MR) is 88.0 cm³/mol. The SMILES string of the molecule is COCCN(C(=O)c1n[nH]c2c1C[C@H](C)O[C@@H]2C)C1CCOCC1. The second-order valence-electron chi connectivity index (χ2n) is 6.59. The number of fused-ring (bicyclic) bond motifs is 1. The normalized spacial score (nSPS) is 24.6. The lowest BCUT2D eigenvalue weighted by atomic mass is 9.98. The number of nitrogens with one attached hydrogen (secondary N) is 1. The van der Waals surface area contributed by atoms with E-state index in [2.05, 4.69) is 10.2 Å². The molecule has 1 N–H and O–H groups in total. The number of amides is 1. The number of ether oxygens (including phenoxy) is 3. The van der Waals surface area contributed by atoms with Gasteiger partial charge in [-0.15, -0.1) is 0 Å². The van der Waals surface area contributed by atoms with Crippen LogP contribution in [-0.2, 0) is 20.6 Å². The summed E-state index contributed by atoms with van der Waals surface area (Å²) in [6.07, 6.45) is 2.46. The van der Waals surface area contributed by atoms with Crippen LogP contribution in [-0.4, -0.2) is 66.6 Å². The van der Waals surface area contributed by atoms with E-state index >= 15 is 0 Å². The first kappa shape index (κ1) is 17.4. The third-order valence-electron chi connectivity index (χ3n) is 4.87. The van der Waals surface area contributed by atoms with Crippen LogP contribution in [0, 0.1) is 0 Å². The van der Waals surface area contributed by atoms with E-state index in [0.29, 0.717) is 38.5 Å². The van der Waals surface area contributed by atoms with Gasteiger partial charge >= 0.3 is 0 Å². The molecule has 3 heterocycles. The van der Waals surface area contributed by atoms with E-state index < -0.39 is 0 Å². The number of rotatable bonds is 5. The highest BCUT2D eigenvalue weighted by atomic mass is 16.5. The summed E-state index contributed by atoms with van der Waals surface area (Å²) in [6.45, 7) is 6.50. The van der Waals surface area contributed by atoms with E-state index in [1.54, 1.807) is 7.11 Å². The molecule has 1 fully saturated rings. The summed E-state index contributed by atoms with van der Waals surface area (Å²) < 4.78 is 16.5. The Morgan fingerprint density at radius 1 is 1.38 bits per heavy atom. The topological polar surface area (TPSA) is 76.7 Å². The van der Waals surface area contributed by atoms with Gasteiger partial charge in [-0.2, -0.15) is 5.10 Å². The highest BCUT2D eigenvalue weighted by Gasteiger charge is 2.33. The average Bonchev–Trinajstić information content (AvgIpc) is 3.00. The van der Waals surface area contributed by atoms with Gasteiger partial charge in [0, 0.05) is 44.9 Å². The summed E-state index contributed by atoms with van der Waals surface area (Å²) in [7, 11) is 1.66. The monoisotopic (exact) mass is 337 g/mol. The summed E-state index contributed by atoms with van der Waals surface area (Å²) in [5, 5.41) is 7.35. The highest BCUT2D eigenvalue weighted by Crippen LogP contribution is 2.31. The lowest BCUT2D eigenvalue weighted by Gasteiger charge is -2.34. The van der Waals surface area contributed by atoms with Crippen molar-refractivity contribution in [2.24, 2.45) is 0 Å². The second-order valence-corrected chi connectivity index (χ2v) is 6.59. The summed E-state index contributed by atoms with van der Waals surface area (Å²) in [5.41, 5.74) is 2.46. The maximum absolute atomic E-state index is 13.2. The van der Waals surface area contributed by atoms with E-state index in [9.17, 15) is 4.79 Å². The Morgan fingerprint density at radius 2 is 2.12 bits per heavy atom. The minimum Gasteiger partial charge on any atom is -0.383 e. The zero-order chi connectivity index (χ0) is 17.1. The molecule has 3 rings (SSSR count). The Kier molecular flexibility index (Phi) is 5.53. The van der Waals surface area contributed by atoms with Gasteiger partial charge in [0.25, 0.3) is 5.91 Å². The van der Waals surface area contributed by atoms with Crippen LogP contribution in [0.2, 0.25) is 0 Å². The molecule has 0 unspecified atom stereocenters. The molecular weight excluding hydrogens is 310 g/mol.